The van der Waals surface area contributed by atoms with E-state index in [0.717, 1.165) is 33.4 Å². The van der Waals surface area contributed by atoms with E-state index in [9.17, 15) is 0 Å². The Morgan fingerprint density at radius 2 is 1.85 bits per heavy atom. The summed E-state index contributed by atoms with van der Waals surface area (Å²) in [5.74, 6) is 0. The third-order valence-electron chi connectivity index (χ3n) is 3.41. The first-order valence-electron chi connectivity index (χ1n) is 6.34. The average Bonchev–Trinajstić information content (AvgIpc) is 2.41. The zero-order valence-corrected chi connectivity index (χ0v) is 12.1. The third kappa shape index (κ3) is 2.21. The number of anilines is 1. The topological polar surface area (TPSA) is 51.8 Å². The van der Waals surface area contributed by atoms with Crippen LogP contribution in [0.1, 0.15) is 11.3 Å². The third-order valence-corrected chi connectivity index (χ3v) is 3.61. The second-order valence-corrected chi connectivity index (χ2v) is 5.28. The average molecular weight is 284 g/mol. The van der Waals surface area contributed by atoms with Gasteiger partial charge < -0.3 is 5.73 Å². The van der Waals surface area contributed by atoms with Gasteiger partial charge in [-0.25, -0.2) is 4.98 Å². The van der Waals surface area contributed by atoms with Crippen LogP contribution in [0.15, 0.2) is 36.5 Å². The number of hydrogen-bond donors (Lipinski definition) is 1. The smallest absolute Gasteiger partial charge is 0.131 e. The number of aryl methyl sites for hydroxylation is 2. The highest BCUT2D eigenvalue weighted by Crippen LogP contribution is 2.30. The molecule has 4 heteroatoms. The molecule has 0 aliphatic carbocycles. The molecule has 0 saturated carbocycles. The van der Waals surface area contributed by atoms with Crippen molar-refractivity contribution in [1.29, 1.82) is 0 Å². The molecule has 0 fully saturated rings. The van der Waals surface area contributed by atoms with Crippen LogP contribution < -0.4 is 5.73 Å². The summed E-state index contributed by atoms with van der Waals surface area (Å²) in [6.07, 6.45) is 1.75. The van der Waals surface area contributed by atoms with Gasteiger partial charge in [0.1, 0.15) is 5.15 Å². The van der Waals surface area contributed by atoms with Gasteiger partial charge in [-0.15, -0.1) is 0 Å². The summed E-state index contributed by atoms with van der Waals surface area (Å²) in [5, 5.41) is 1.43. The summed E-state index contributed by atoms with van der Waals surface area (Å²) < 4.78 is 0. The largest absolute Gasteiger partial charge is 0.399 e. The Morgan fingerprint density at radius 1 is 1.05 bits per heavy atom. The SMILES string of the molecule is Cc1ccc(N)cc1-c1cc2cnc(Cl)cc2nc1C. The molecule has 3 rings (SSSR count). The Morgan fingerprint density at radius 3 is 2.65 bits per heavy atom. The van der Waals surface area contributed by atoms with Crippen molar-refractivity contribution in [2.45, 2.75) is 13.8 Å². The van der Waals surface area contributed by atoms with Gasteiger partial charge in [-0.1, -0.05) is 17.7 Å². The molecule has 2 aromatic heterocycles. The number of nitrogens with zero attached hydrogens (tertiary/aromatic N) is 2. The van der Waals surface area contributed by atoms with Crippen LogP contribution in [0.4, 0.5) is 5.69 Å². The molecule has 0 radical (unpaired) electrons. The molecule has 2 N–H and O–H groups in total. The maximum absolute atomic E-state index is 5.91. The Kier molecular flexibility index (Phi) is 3.07. The van der Waals surface area contributed by atoms with Crippen LogP contribution in [0, 0.1) is 13.8 Å². The fourth-order valence-electron chi connectivity index (χ4n) is 2.34. The lowest BCUT2D eigenvalue weighted by molar-refractivity contribution is 1.24. The van der Waals surface area contributed by atoms with Gasteiger partial charge in [0.15, 0.2) is 0 Å². The van der Waals surface area contributed by atoms with E-state index in [-0.39, 0.29) is 0 Å². The molecule has 0 aliphatic heterocycles. The fraction of sp³-hybridized carbons (Fsp3) is 0.125. The molecule has 3 aromatic rings. The van der Waals surface area contributed by atoms with Gasteiger partial charge in [-0.2, -0.15) is 0 Å². The predicted octanol–water partition coefficient (Wildman–Crippen LogP) is 4.15. The highest BCUT2D eigenvalue weighted by atomic mass is 35.5. The van der Waals surface area contributed by atoms with Crippen LogP contribution in [0.25, 0.3) is 22.0 Å². The zero-order valence-electron chi connectivity index (χ0n) is 11.3. The van der Waals surface area contributed by atoms with Crippen molar-refractivity contribution in [1.82, 2.24) is 9.97 Å². The molecule has 0 unspecified atom stereocenters. The highest BCUT2D eigenvalue weighted by Gasteiger charge is 2.09. The maximum Gasteiger partial charge on any atom is 0.131 e. The van der Waals surface area contributed by atoms with Gasteiger partial charge >= 0.3 is 0 Å². The highest BCUT2D eigenvalue weighted by molar-refractivity contribution is 6.30. The molecule has 3 nitrogen and oxygen atoms in total. The fourth-order valence-corrected chi connectivity index (χ4v) is 2.49. The number of hydrogen-bond acceptors (Lipinski definition) is 3. The van der Waals surface area contributed by atoms with Crippen LogP contribution in [0.2, 0.25) is 5.15 Å². The van der Waals surface area contributed by atoms with Gasteiger partial charge in [0.05, 0.1) is 5.52 Å². The van der Waals surface area contributed by atoms with Crippen LogP contribution in [-0.4, -0.2) is 9.97 Å². The first-order chi connectivity index (χ1) is 9.54. The van der Waals surface area contributed by atoms with Crippen molar-refractivity contribution in [2.75, 3.05) is 5.73 Å². The van der Waals surface area contributed by atoms with Crippen molar-refractivity contribution in [2.24, 2.45) is 0 Å². The first-order valence-corrected chi connectivity index (χ1v) is 6.72. The molecule has 0 atom stereocenters. The standard InChI is InChI=1S/C16H14ClN3/c1-9-3-4-12(18)6-13(9)14-5-11-8-19-16(17)7-15(11)20-10(14)2/h3-8H,18H2,1-2H3. The van der Waals surface area contributed by atoms with Crippen molar-refractivity contribution in [3.63, 3.8) is 0 Å². The minimum absolute atomic E-state index is 0.456. The number of benzene rings is 1. The second-order valence-electron chi connectivity index (χ2n) is 4.90. The molecule has 0 saturated heterocycles. The number of aromatic nitrogens is 2. The summed E-state index contributed by atoms with van der Waals surface area (Å²) in [6.45, 7) is 4.06. The molecular formula is C16H14ClN3. The zero-order chi connectivity index (χ0) is 14.3. The van der Waals surface area contributed by atoms with Crippen molar-refractivity contribution < 1.29 is 0 Å². The van der Waals surface area contributed by atoms with Gasteiger partial charge in [-0.05, 0) is 43.2 Å². The summed E-state index contributed by atoms with van der Waals surface area (Å²) in [4.78, 5) is 8.73. The van der Waals surface area contributed by atoms with E-state index in [1.54, 1.807) is 12.3 Å². The van der Waals surface area contributed by atoms with Crippen molar-refractivity contribution in [3.8, 4) is 11.1 Å². The van der Waals surface area contributed by atoms with Gasteiger partial charge in [0.25, 0.3) is 0 Å². The number of fused-ring (bicyclic) bond motifs is 1. The van der Waals surface area contributed by atoms with Crippen molar-refractivity contribution in [3.05, 3.63) is 52.9 Å². The molecule has 1 aromatic carbocycles. The van der Waals surface area contributed by atoms with Gasteiger partial charge in [0.2, 0.25) is 0 Å². The minimum Gasteiger partial charge on any atom is -0.399 e. The molecular weight excluding hydrogens is 270 g/mol. The van der Waals surface area contributed by atoms with Crippen LogP contribution in [0.3, 0.4) is 0 Å². The predicted molar refractivity (Wildman–Crippen MR) is 83.9 cm³/mol. The second kappa shape index (κ2) is 4.76. The number of rotatable bonds is 1. The van der Waals surface area contributed by atoms with E-state index in [0.29, 0.717) is 5.15 Å². The van der Waals surface area contributed by atoms with E-state index in [1.807, 2.05) is 25.1 Å². The number of nitrogens with two attached hydrogens (primary N) is 1. The van der Waals surface area contributed by atoms with E-state index in [1.165, 1.54) is 5.56 Å². The summed E-state index contributed by atoms with van der Waals surface area (Å²) in [5.41, 5.74) is 11.8. The van der Waals surface area contributed by atoms with E-state index < -0.39 is 0 Å². The Labute approximate surface area is 122 Å². The van der Waals surface area contributed by atoms with Crippen molar-refractivity contribution >= 4 is 28.2 Å². The maximum atomic E-state index is 5.91. The lowest BCUT2D eigenvalue weighted by Crippen LogP contribution is -1.94. The number of pyridine rings is 2. The van der Waals surface area contributed by atoms with E-state index in [2.05, 4.69) is 23.0 Å². The van der Waals surface area contributed by atoms with E-state index >= 15 is 0 Å². The Hall–Kier alpha value is -2.13. The Balaban J connectivity index is 2.28. The lowest BCUT2D eigenvalue weighted by Gasteiger charge is -2.11. The molecule has 2 heterocycles. The molecule has 0 spiro atoms. The van der Waals surface area contributed by atoms with Crippen LogP contribution >= 0.6 is 11.6 Å². The van der Waals surface area contributed by atoms with Gasteiger partial charge in [0, 0.05) is 34.6 Å². The normalized spacial score (nSPS) is 10.9. The first kappa shape index (κ1) is 12.9. The summed E-state index contributed by atoms with van der Waals surface area (Å²) in [6, 6.07) is 9.77. The number of nitrogen functional groups attached to an aromatic ring is 1. The van der Waals surface area contributed by atoms with Gasteiger partial charge in [-0.3, -0.25) is 4.98 Å². The van der Waals surface area contributed by atoms with Crippen LogP contribution in [0.5, 0.6) is 0 Å². The lowest BCUT2D eigenvalue weighted by atomic mass is 9.98. The monoisotopic (exact) mass is 283 g/mol. The number of halogens is 1. The molecule has 20 heavy (non-hydrogen) atoms. The van der Waals surface area contributed by atoms with E-state index in [4.69, 9.17) is 17.3 Å². The molecule has 100 valence electrons. The minimum atomic E-state index is 0.456. The molecule has 0 aliphatic rings. The Bertz CT molecular complexity index is 812. The van der Waals surface area contributed by atoms with Crippen LogP contribution in [-0.2, 0) is 0 Å². The molecule has 0 amide bonds. The quantitative estimate of drug-likeness (QED) is 0.539. The molecule has 0 bridgehead atoms. The summed E-state index contributed by atoms with van der Waals surface area (Å²) in [7, 11) is 0. The summed E-state index contributed by atoms with van der Waals surface area (Å²) >= 11 is 5.91.